The van der Waals surface area contributed by atoms with Crippen LogP contribution in [0.2, 0.25) is 0 Å². The van der Waals surface area contributed by atoms with Gasteiger partial charge in [-0.3, -0.25) is 0 Å². The van der Waals surface area contributed by atoms with E-state index < -0.39 is 9.84 Å². The maximum absolute atomic E-state index is 13.2. The van der Waals surface area contributed by atoms with Crippen molar-refractivity contribution < 1.29 is 8.42 Å². The van der Waals surface area contributed by atoms with Crippen molar-refractivity contribution in [2.24, 2.45) is 0 Å². The van der Waals surface area contributed by atoms with E-state index in [1.54, 1.807) is 36.4 Å². The Labute approximate surface area is 172 Å². The summed E-state index contributed by atoms with van der Waals surface area (Å²) in [6.07, 6.45) is 0. The van der Waals surface area contributed by atoms with Gasteiger partial charge in [0, 0.05) is 0 Å². The Morgan fingerprint density at radius 1 is 0.667 bits per heavy atom. The van der Waals surface area contributed by atoms with Crippen molar-refractivity contribution in [2.45, 2.75) is 9.79 Å². The first-order valence-corrected chi connectivity index (χ1v) is 10.0. The second kappa shape index (κ2) is 6.76. The average Bonchev–Trinajstić information content (AvgIpc) is 2.78. The summed E-state index contributed by atoms with van der Waals surface area (Å²) in [6.45, 7) is 0. The third kappa shape index (κ3) is 2.43. The standard InChI is InChI=1S/C22H9N5O2S/c23-10-14-9-15(11-24)17(13-26)22(16(14)12-25)27-18-5-1-3-7-20(18)30(28,29)21-8-4-2-6-19(21)27/h1-9H. The molecule has 0 bridgehead atoms. The van der Waals surface area contributed by atoms with Crippen molar-refractivity contribution in [1.82, 2.24) is 0 Å². The monoisotopic (exact) mass is 407 g/mol. The molecule has 3 aromatic rings. The third-order valence-electron chi connectivity index (χ3n) is 4.78. The van der Waals surface area contributed by atoms with E-state index in [9.17, 15) is 29.5 Å². The Morgan fingerprint density at radius 2 is 1.10 bits per heavy atom. The number of hydrogen-bond donors (Lipinski definition) is 0. The van der Waals surface area contributed by atoms with Crippen LogP contribution in [0.5, 0.6) is 0 Å². The molecule has 0 saturated heterocycles. The highest BCUT2D eigenvalue weighted by molar-refractivity contribution is 7.92. The number of rotatable bonds is 1. The summed E-state index contributed by atoms with van der Waals surface area (Å²) in [7, 11) is -3.85. The topological polar surface area (TPSA) is 133 Å². The molecule has 0 N–H and O–H groups in total. The molecule has 30 heavy (non-hydrogen) atoms. The lowest BCUT2D eigenvalue weighted by molar-refractivity contribution is 0.595. The van der Waals surface area contributed by atoms with E-state index >= 15 is 0 Å². The number of fused-ring (bicyclic) bond motifs is 2. The zero-order chi connectivity index (χ0) is 21.5. The molecule has 4 rings (SSSR count). The van der Waals surface area contributed by atoms with E-state index in [0.29, 0.717) is 0 Å². The molecule has 7 nitrogen and oxygen atoms in total. The van der Waals surface area contributed by atoms with E-state index in [0.717, 1.165) is 0 Å². The SMILES string of the molecule is N#Cc1cc(C#N)c(C#N)c(N2c3ccccc3S(=O)(=O)c3ccccc32)c1C#N. The molecular formula is C22H9N5O2S. The molecule has 1 heterocycles. The van der Waals surface area contributed by atoms with Crippen LogP contribution >= 0.6 is 0 Å². The fourth-order valence-corrected chi connectivity index (χ4v) is 5.14. The van der Waals surface area contributed by atoms with E-state index in [2.05, 4.69) is 0 Å². The molecule has 3 aromatic carbocycles. The van der Waals surface area contributed by atoms with Crippen LogP contribution in [0.4, 0.5) is 17.1 Å². The number of anilines is 3. The lowest BCUT2D eigenvalue weighted by atomic mass is 9.95. The van der Waals surface area contributed by atoms with E-state index in [4.69, 9.17) is 0 Å². The number of nitriles is 4. The first kappa shape index (κ1) is 18.7. The Balaban J connectivity index is 2.25. The first-order valence-electron chi connectivity index (χ1n) is 8.54. The molecule has 0 aliphatic carbocycles. The minimum Gasteiger partial charge on any atom is -0.305 e. The molecule has 0 radical (unpaired) electrons. The number of sulfone groups is 1. The van der Waals surface area contributed by atoms with Gasteiger partial charge >= 0.3 is 0 Å². The lowest BCUT2D eigenvalue weighted by Crippen LogP contribution is -2.24. The summed E-state index contributed by atoms with van der Waals surface area (Å²) in [5.74, 6) is 0. The lowest BCUT2D eigenvalue weighted by Gasteiger charge is -2.34. The molecule has 0 fully saturated rings. The largest absolute Gasteiger partial charge is 0.305 e. The predicted octanol–water partition coefficient (Wildman–Crippen LogP) is 3.79. The first-order chi connectivity index (χ1) is 14.5. The van der Waals surface area contributed by atoms with Gasteiger partial charge in [-0.15, -0.1) is 0 Å². The molecule has 140 valence electrons. The average molecular weight is 407 g/mol. The van der Waals surface area contributed by atoms with E-state index in [-0.39, 0.29) is 49.1 Å². The molecular weight excluding hydrogens is 398 g/mol. The Hall–Kier alpha value is -4.63. The van der Waals surface area contributed by atoms with Gasteiger partial charge in [-0.25, -0.2) is 8.42 Å². The minimum atomic E-state index is -3.85. The Morgan fingerprint density at radius 3 is 1.50 bits per heavy atom. The van der Waals surface area contributed by atoms with Crippen molar-refractivity contribution in [2.75, 3.05) is 4.90 Å². The second-order valence-electron chi connectivity index (χ2n) is 6.29. The number of para-hydroxylation sites is 2. The fraction of sp³-hybridized carbons (Fsp3) is 0. The number of hydrogen-bond acceptors (Lipinski definition) is 7. The van der Waals surface area contributed by atoms with Gasteiger partial charge in [0.05, 0.1) is 49.1 Å². The highest BCUT2D eigenvalue weighted by Crippen LogP contribution is 2.50. The van der Waals surface area contributed by atoms with Crippen molar-refractivity contribution in [1.29, 1.82) is 21.0 Å². The van der Waals surface area contributed by atoms with Gasteiger partial charge in [0.15, 0.2) is 0 Å². The van der Waals surface area contributed by atoms with Crippen LogP contribution in [0, 0.1) is 45.3 Å². The van der Waals surface area contributed by atoms with Gasteiger partial charge in [0.25, 0.3) is 0 Å². The molecule has 0 atom stereocenters. The van der Waals surface area contributed by atoms with Gasteiger partial charge in [-0.2, -0.15) is 21.0 Å². The highest BCUT2D eigenvalue weighted by Gasteiger charge is 2.37. The summed E-state index contributed by atoms with van der Waals surface area (Å²) in [5, 5.41) is 38.7. The molecule has 0 unspecified atom stereocenters. The van der Waals surface area contributed by atoms with Crippen LogP contribution in [0.25, 0.3) is 0 Å². The Kier molecular flexibility index (Phi) is 4.22. The zero-order valence-corrected chi connectivity index (χ0v) is 16.0. The minimum absolute atomic E-state index is 0.00246. The van der Waals surface area contributed by atoms with Gasteiger partial charge in [-0.05, 0) is 30.3 Å². The maximum atomic E-state index is 13.2. The van der Waals surface area contributed by atoms with Crippen LogP contribution in [0.15, 0.2) is 64.4 Å². The van der Waals surface area contributed by atoms with Crippen molar-refractivity contribution in [3.05, 3.63) is 76.9 Å². The van der Waals surface area contributed by atoms with Crippen LogP contribution < -0.4 is 4.90 Å². The molecule has 0 saturated carbocycles. The summed E-state index contributed by atoms with van der Waals surface area (Å²) in [6, 6.07) is 21.3. The normalized spacial score (nSPS) is 13.0. The smallest absolute Gasteiger partial charge is 0.210 e. The van der Waals surface area contributed by atoms with Gasteiger partial charge in [0.2, 0.25) is 9.84 Å². The molecule has 8 heteroatoms. The number of nitrogens with zero attached hydrogens (tertiary/aromatic N) is 5. The zero-order valence-electron chi connectivity index (χ0n) is 15.2. The van der Waals surface area contributed by atoms with Crippen molar-refractivity contribution in [3.63, 3.8) is 0 Å². The fourth-order valence-electron chi connectivity index (χ4n) is 3.52. The summed E-state index contributed by atoms with van der Waals surface area (Å²) in [5.41, 5.74) is 0.0727. The van der Waals surface area contributed by atoms with Crippen molar-refractivity contribution in [3.8, 4) is 24.3 Å². The number of benzene rings is 3. The Bertz CT molecular complexity index is 1410. The van der Waals surface area contributed by atoms with Gasteiger partial charge < -0.3 is 4.90 Å². The van der Waals surface area contributed by atoms with Crippen LogP contribution in [0.1, 0.15) is 22.3 Å². The third-order valence-corrected chi connectivity index (χ3v) is 6.63. The summed E-state index contributed by atoms with van der Waals surface area (Å²) >= 11 is 0. The van der Waals surface area contributed by atoms with E-state index in [1.807, 2.05) is 24.3 Å². The quantitative estimate of drug-likeness (QED) is 0.469. The van der Waals surface area contributed by atoms with Gasteiger partial charge in [0.1, 0.15) is 24.3 Å². The van der Waals surface area contributed by atoms with Crippen LogP contribution in [-0.2, 0) is 9.84 Å². The maximum Gasteiger partial charge on any atom is 0.210 e. The molecule has 1 aliphatic heterocycles. The summed E-state index contributed by atoms with van der Waals surface area (Å²) in [4.78, 5) is 1.46. The molecule has 0 aromatic heterocycles. The van der Waals surface area contributed by atoms with Crippen LogP contribution in [-0.4, -0.2) is 8.42 Å². The molecule has 0 spiro atoms. The van der Waals surface area contributed by atoms with Gasteiger partial charge in [-0.1, -0.05) is 24.3 Å². The predicted molar refractivity (Wildman–Crippen MR) is 105 cm³/mol. The summed E-state index contributed by atoms with van der Waals surface area (Å²) < 4.78 is 26.3. The molecule has 0 amide bonds. The van der Waals surface area contributed by atoms with Crippen molar-refractivity contribution >= 4 is 26.9 Å². The second-order valence-corrected chi connectivity index (χ2v) is 8.18. The van der Waals surface area contributed by atoms with Crippen LogP contribution in [0.3, 0.4) is 0 Å². The highest BCUT2D eigenvalue weighted by atomic mass is 32.2. The van der Waals surface area contributed by atoms with E-state index in [1.165, 1.54) is 23.1 Å². The molecule has 1 aliphatic rings.